The summed E-state index contributed by atoms with van der Waals surface area (Å²) in [6.45, 7) is 0.733. The van der Waals surface area contributed by atoms with Gasteiger partial charge in [-0.3, -0.25) is 4.79 Å². The van der Waals surface area contributed by atoms with Gasteiger partial charge >= 0.3 is 0 Å². The largest absolute Gasteiger partial charge is 0.496 e. The van der Waals surface area contributed by atoms with Crippen molar-refractivity contribution in [2.24, 2.45) is 5.92 Å². The van der Waals surface area contributed by atoms with Gasteiger partial charge in [0.2, 0.25) is 0 Å². The molecule has 2 rings (SSSR count). The summed E-state index contributed by atoms with van der Waals surface area (Å²) in [6, 6.07) is 5.08. The van der Waals surface area contributed by atoms with Gasteiger partial charge in [0.15, 0.2) is 0 Å². The van der Waals surface area contributed by atoms with Crippen LogP contribution < -0.4 is 15.8 Å². The lowest BCUT2D eigenvalue weighted by molar-refractivity contribution is 0.0946. The molecule has 3 N–H and O–H groups in total. The molecule has 1 saturated carbocycles. The summed E-state index contributed by atoms with van der Waals surface area (Å²) in [5, 5.41) is 2.93. The zero-order valence-electron chi connectivity index (χ0n) is 10.7. The minimum atomic E-state index is -0.0915. The number of carbonyl (C=O) groups is 1. The van der Waals surface area contributed by atoms with Crippen LogP contribution in [-0.4, -0.2) is 19.6 Å². The van der Waals surface area contributed by atoms with E-state index in [1.807, 2.05) is 0 Å². The van der Waals surface area contributed by atoms with E-state index in [0.29, 0.717) is 17.0 Å². The molecule has 1 aliphatic rings. The summed E-state index contributed by atoms with van der Waals surface area (Å²) in [5.74, 6) is 1.24. The molecule has 4 heteroatoms. The molecule has 0 bridgehead atoms. The highest BCUT2D eigenvalue weighted by Gasteiger charge is 2.18. The fourth-order valence-electron chi connectivity index (χ4n) is 2.16. The molecule has 0 spiro atoms. The van der Waals surface area contributed by atoms with Gasteiger partial charge in [0.1, 0.15) is 5.75 Å². The highest BCUT2D eigenvalue weighted by Crippen LogP contribution is 2.28. The fourth-order valence-corrected chi connectivity index (χ4v) is 2.16. The maximum absolute atomic E-state index is 12.0. The second-order valence-corrected chi connectivity index (χ2v) is 4.80. The minimum absolute atomic E-state index is 0.0915. The van der Waals surface area contributed by atoms with Crippen molar-refractivity contribution < 1.29 is 9.53 Å². The van der Waals surface area contributed by atoms with Gasteiger partial charge in [-0.2, -0.15) is 0 Å². The molecule has 1 amide bonds. The number of hydrogen-bond acceptors (Lipinski definition) is 3. The number of ether oxygens (including phenoxy) is 1. The Morgan fingerprint density at radius 2 is 2.28 bits per heavy atom. The van der Waals surface area contributed by atoms with Crippen molar-refractivity contribution in [1.82, 2.24) is 5.32 Å². The molecule has 0 saturated heterocycles. The summed E-state index contributed by atoms with van der Waals surface area (Å²) in [6.07, 6.45) is 5.02. The van der Waals surface area contributed by atoms with Crippen LogP contribution in [0.25, 0.3) is 0 Å². The lowest BCUT2D eigenvalue weighted by Crippen LogP contribution is -2.27. The van der Waals surface area contributed by atoms with Crippen molar-refractivity contribution in [3.63, 3.8) is 0 Å². The Balaban J connectivity index is 1.90. The molecule has 0 heterocycles. The number of nitrogen functional groups attached to an aromatic ring is 1. The predicted octanol–water partition coefficient (Wildman–Crippen LogP) is 2.20. The molecule has 1 aliphatic carbocycles. The average Bonchev–Trinajstić information content (AvgIpc) is 2.31. The maximum Gasteiger partial charge on any atom is 0.255 e. The van der Waals surface area contributed by atoms with E-state index in [2.05, 4.69) is 5.32 Å². The summed E-state index contributed by atoms with van der Waals surface area (Å²) in [5.41, 5.74) is 6.79. The van der Waals surface area contributed by atoms with Gasteiger partial charge in [-0.1, -0.05) is 19.3 Å². The zero-order chi connectivity index (χ0) is 13.0. The van der Waals surface area contributed by atoms with Crippen LogP contribution in [0.5, 0.6) is 5.75 Å². The third-order valence-corrected chi connectivity index (χ3v) is 3.53. The highest BCUT2D eigenvalue weighted by molar-refractivity contribution is 5.97. The van der Waals surface area contributed by atoms with Crippen molar-refractivity contribution in [3.8, 4) is 5.75 Å². The number of hydrogen-bond donors (Lipinski definition) is 2. The van der Waals surface area contributed by atoms with Gasteiger partial charge < -0.3 is 15.8 Å². The Labute approximate surface area is 108 Å². The van der Waals surface area contributed by atoms with Crippen molar-refractivity contribution in [2.75, 3.05) is 19.4 Å². The van der Waals surface area contributed by atoms with Crippen LogP contribution in [-0.2, 0) is 0 Å². The number of anilines is 1. The minimum Gasteiger partial charge on any atom is -0.496 e. The molecule has 0 atom stereocenters. The first-order valence-electron chi connectivity index (χ1n) is 6.42. The van der Waals surface area contributed by atoms with Gasteiger partial charge in [-0.25, -0.2) is 0 Å². The number of nitrogens with two attached hydrogens (primary N) is 1. The third kappa shape index (κ3) is 2.94. The van der Waals surface area contributed by atoms with E-state index in [9.17, 15) is 4.79 Å². The number of amides is 1. The Morgan fingerprint density at radius 3 is 2.89 bits per heavy atom. The van der Waals surface area contributed by atoms with E-state index < -0.39 is 0 Å². The monoisotopic (exact) mass is 248 g/mol. The predicted molar refractivity (Wildman–Crippen MR) is 71.7 cm³/mol. The Kier molecular flexibility index (Phi) is 4.07. The smallest absolute Gasteiger partial charge is 0.255 e. The molecule has 1 aromatic carbocycles. The van der Waals surface area contributed by atoms with Crippen LogP contribution in [0.4, 0.5) is 5.69 Å². The summed E-state index contributed by atoms with van der Waals surface area (Å²) < 4.78 is 5.17. The number of rotatable bonds is 5. The third-order valence-electron chi connectivity index (χ3n) is 3.53. The Bertz CT molecular complexity index is 428. The SMILES string of the molecule is COc1cc(N)ccc1C(=O)NCCC1CCC1. The number of benzene rings is 1. The molecule has 98 valence electrons. The van der Waals surface area contributed by atoms with Crippen LogP contribution in [0.1, 0.15) is 36.0 Å². The van der Waals surface area contributed by atoms with Crippen LogP contribution >= 0.6 is 0 Å². The van der Waals surface area contributed by atoms with Crippen LogP contribution in [0, 0.1) is 5.92 Å². The van der Waals surface area contributed by atoms with Gasteiger partial charge in [0.25, 0.3) is 5.91 Å². The van der Waals surface area contributed by atoms with E-state index in [4.69, 9.17) is 10.5 Å². The Hall–Kier alpha value is -1.71. The summed E-state index contributed by atoms with van der Waals surface area (Å²) in [7, 11) is 1.54. The molecular weight excluding hydrogens is 228 g/mol. The first kappa shape index (κ1) is 12.7. The topological polar surface area (TPSA) is 64.3 Å². The fraction of sp³-hybridized carbons (Fsp3) is 0.500. The van der Waals surface area contributed by atoms with E-state index in [0.717, 1.165) is 18.9 Å². The van der Waals surface area contributed by atoms with Crippen LogP contribution in [0.15, 0.2) is 18.2 Å². The lowest BCUT2D eigenvalue weighted by Gasteiger charge is -2.25. The van der Waals surface area contributed by atoms with Crippen LogP contribution in [0.3, 0.4) is 0 Å². The molecule has 0 aliphatic heterocycles. The molecule has 0 unspecified atom stereocenters. The first-order chi connectivity index (χ1) is 8.70. The second-order valence-electron chi connectivity index (χ2n) is 4.80. The van der Waals surface area contributed by atoms with E-state index in [1.54, 1.807) is 25.3 Å². The number of nitrogens with one attached hydrogen (secondary N) is 1. The molecule has 4 nitrogen and oxygen atoms in total. The van der Waals surface area contributed by atoms with Crippen molar-refractivity contribution in [2.45, 2.75) is 25.7 Å². The lowest BCUT2D eigenvalue weighted by atomic mass is 9.83. The molecule has 18 heavy (non-hydrogen) atoms. The standard InChI is InChI=1S/C14H20N2O2/c1-18-13-9-11(15)5-6-12(13)14(17)16-8-7-10-3-2-4-10/h5-6,9-10H,2-4,7-8,15H2,1H3,(H,16,17). The normalized spacial score (nSPS) is 14.9. The molecular formula is C14H20N2O2. The zero-order valence-corrected chi connectivity index (χ0v) is 10.7. The molecule has 0 radical (unpaired) electrons. The Morgan fingerprint density at radius 1 is 1.50 bits per heavy atom. The van der Waals surface area contributed by atoms with Gasteiger partial charge in [-0.05, 0) is 24.5 Å². The van der Waals surface area contributed by atoms with Crippen molar-refractivity contribution in [3.05, 3.63) is 23.8 Å². The molecule has 1 fully saturated rings. The molecule has 1 aromatic rings. The first-order valence-corrected chi connectivity index (χ1v) is 6.42. The maximum atomic E-state index is 12.0. The van der Waals surface area contributed by atoms with Gasteiger partial charge in [0.05, 0.1) is 12.7 Å². The van der Waals surface area contributed by atoms with Gasteiger partial charge in [-0.15, -0.1) is 0 Å². The number of carbonyl (C=O) groups excluding carboxylic acids is 1. The average molecular weight is 248 g/mol. The van der Waals surface area contributed by atoms with Crippen LogP contribution in [0.2, 0.25) is 0 Å². The quantitative estimate of drug-likeness (QED) is 0.785. The number of methoxy groups -OCH3 is 1. The van der Waals surface area contributed by atoms with E-state index in [1.165, 1.54) is 19.3 Å². The molecule has 0 aromatic heterocycles. The highest BCUT2D eigenvalue weighted by atomic mass is 16.5. The van der Waals surface area contributed by atoms with Crippen molar-refractivity contribution >= 4 is 11.6 Å². The summed E-state index contributed by atoms with van der Waals surface area (Å²) in [4.78, 5) is 12.0. The van der Waals surface area contributed by atoms with Gasteiger partial charge in [0, 0.05) is 18.3 Å². The second kappa shape index (κ2) is 5.76. The van der Waals surface area contributed by atoms with E-state index >= 15 is 0 Å². The van der Waals surface area contributed by atoms with Crippen molar-refractivity contribution in [1.29, 1.82) is 0 Å². The summed E-state index contributed by atoms with van der Waals surface area (Å²) >= 11 is 0. The van der Waals surface area contributed by atoms with E-state index in [-0.39, 0.29) is 5.91 Å².